The number of hydrogen-bond donors (Lipinski definition) is 2. The van der Waals surface area contributed by atoms with Gasteiger partial charge in [-0.2, -0.15) is 0 Å². The number of ether oxygens (including phenoxy) is 1. The van der Waals surface area contributed by atoms with E-state index >= 15 is 0 Å². The topological polar surface area (TPSA) is 76.4 Å². The van der Waals surface area contributed by atoms with Crippen LogP contribution in [0.25, 0.3) is 27.6 Å². The quantitative estimate of drug-likeness (QED) is 0.390. The van der Waals surface area contributed by atoms with Gasteiger partial charge in [-0.05, 0) is 49.7 Å². The molecule has 0 bridgehead atoms. The van der Waals surface area contributed by atoms with Gasteiger partial charge >= 0.3 is 0 Å². The zero-order chi connectivity index (χ0) is 23.6. The predicted molar refractivity (Wildman–Crippen MR) is 138 cm³/mol. The lowest BCUT2D eigenvalue weighted by molar-refractivity contribution is 0.415. The summed E-state index contributed by atoms with van der Waals surface area (Å²) in [6.07, 6.45) is 6.14. The van der Waals surface area contributed by atoms with Crippen molar-refractivity contribution in [3.63, 3.8) is 0 Å². The molecule has 33 heavy (non-hydrogen) atoms. The highest BCUT2D eigenvalue weighted by Gasteiger charge is 2.19. The molecule has 0 aliphatic carbocycles. The van der Waals surface area contributed by atoms with Crippen LogP contribution < -0.4 is 15.4 Å². The van der Waals surface area contributed by atoms with E-state index in [2.05, 4.69) is 20.0 Å². The molecule has 0 unspecified atom stereocenters. The Bertz CT molecular complexity index is 1120. The number of rotatable bonds is 5. The fraction of sp³-hybridized carbons (Fsp3) is 0.400. The SMILES string of the molecule is CC.CC.COc1ccc(-c2nc3sccn3c2-c2ccnc(N[C@@H]3CCCNC3)n2)cc1. The first kappa shape index (κ1) is 24.7. The number of hydrogen-bond acceptors (Lipinski definition) is 7. The van der Waals surface area contributed by atoms with E-state index in [1.807, 2.05) is 75.8 Å². The molecular formula is C25H34N6OS. The first-order chi connectivity index (χ1) is 16.3. The molecule has 1 saturated heterocycles. The van der Waals surface area contributed by atoms with Crippen LogP contribution >= 0.6 is 11.3 Å². The first-order valence-corrected chi connectivity index (χ1v) is 12.6. The molecule has 3 aromatic heterocycles. The Morgan fingerprint density at radius 1 is 1.09 bits per heavy atom. The summed E-state index contributed by atoms with van der Waals surface area (Å²) in [6, 6.07) is 10.3. The number of imidazole rings is 1. The van der Waals surface area contributed by atoms with Crippen LogP contribution in [-0.2, 0) is 0 Å². The summed E-state index contributed by atoms with van der Waals surface area (Å²) in [7, 11) is 1.67. The Morgan fingerprint density at radius 2 is 1.88 bits per heavy atom. The number of aromatic nitrogens is 4. The number of fused-ring (bicyclic) bond motifs is 1. The molecular weight excluding hydrogens is 432 g/mol. The maximum absolute atomic E-state index is 5.29. The van der Waals surface area contributed by atoms with Crippen molar-refractivity contribution in [1.82, 2.24) is 24.7 Å². The van der Waals surface area contributed by atoms with E-state index in [0.717, 1.165) is 59.3 Å². The van der Waals surface area contributed by atoms with E-state index in [9.17, 15) is 0 Å². The summed E-state index contributed by atoms with van der Waals surface area (Å²) in [6.45, 7) is 10.0. The fourth-order valence-electron chi connectivity index (χ4n) is 3.70. The third kappa shape index (κ3) is 5.69. The van der Waals surface area contributed by atoms with E-state index < -0.39 is 0 Å². The summed E-state index contributed by atoms with van der Waals surface area (Å²) in [5.41, 5.74) is 3.76. The van der Waals surface area contributed by atoms with Gasteiger partial charge in [-0.3, -0.25) is 4.40 Å². The zero-order valence-corrected chi connectivity index (χ0v) is 20.9. The monoisotopic (exact) mass is 466 g/mol. The molecule has 5 rings (SSSR count). The number of thiazole rings is 1. The highest BCUT2D eigenvalue weighted by atomic mass is 32.1. The molecule has 1 aromatic carbocycles. The van der Waals surface area contributed by atoms with Crippen LogP contribution in [-0.4, -0.2) is 45.6 Å². The number of nitrogens with zero attached hydrogens (tertiary/aromatic N) is 4. The highest BCUT2D eigenvalue weighted by molar-refractivity contribution is 7.15. The van der Waals surface area contributed by atoms with Crippen LogP contribution in [0, 0.1) is 0 Å². The van der Waals surface area contributed by atoms with Crippen molar-refractivity contribution in [3.8, 4) is 28.4 Å². The zero-order valence-electron chi connectivity index (χ0n) is 20.1. The van der Waals surface area contributed by atoms with Crippen LogP contribution in [0.15, 0.2) is 48.1 Å². The molecule has 0 spiro atoms. The summed E-state index contributed by atoms with van der Waals surface area (Å²) in [5.74, 6) is 1.48. The molecule has 4 aromatic rings. The Kier molecular flexibility index (Phi) is 9.21. The summed E-state index contributed by atoms with van der Waals surface area (Å²) in [4.78, 5) is 15.1. The largest absolute Gasteiger partial charge is 0.497 e. The minimum absolute atomic E-state index is 0.353. The third-order valence-electron chi connectivity index (χ3n) is 5.15. The van der Waals surface area contributed by atoms with Gasteiger partial charge in [0.2, 0.25) is 5.95 Å². The second kappa shape index (κ2) is 12.3. The van der Waals surface area contributed by atoms with Gasteiger partial charge in [-0.1, -0.05) is 27.7 Å². The smallest absolute Gasteiger partial charge is 0.223 e. The average molecular weight is 467 g/mol. The Labute approximate surface area is 200 Å². The van der Waals surface area contributed by atoms with Crippen molar-refractivity contribution < 1.29 is 4.74 Å². The normalized spacial score (nSPS) is 15.1. The molecule has 7 nitrogen and oxygen atoms in total. The van der Waals surface area contributed by atoms with Gasteiger partial charge in [-0.25, -0.2) is 15.0 Å². The van der Waals surface area contributed by atoms with Crippen LogP contribution in [0.1, 0.15) is 40.5 Å². The van der Waals surface area contributed by atoms with Gasteiger partial charge < -0.3 is 15.4 Å². The predicted octanol–water partition coefficient (Wildman–Crippen LogP) is 5.74. The summed E-state index contributed by atoms with van der Waals surface area (Å²) >= 11 is 1.61. The van der Waals surface area contributed by atoms with Crippen molar-refractivity contribution in [3.05, 3.63) is 48.1 Å². The van der Waals surface area contributed by atoms with E-state index in [4.69, 9.17) is 14.7 Å². The Morgan fingerprint density at radius 3 is 2.58 bits per heavy atom. The third-order valence-corrected chi connectivity index (χ3v) is 5.91. The highest BCUT2D eigenvalue weighted by Crippen LogP contribution is 2.34. The molecule has 0 saturated carbocycles. The molecule has 176 valence electrons. The Balaban J connectivity index is 0.000000728. The maximum atomic E-state index is 5.29. The Hall–Kier alpha value is -2.97. The standard InChI is InChI=1S/C21H22N6OS.2C2H6/c1-28-16-6-4-14(5-7-16)18-19(27-11-12-29-21(27)26-18)17-8-10-23-20(25-17)24-15-3-2-9-22-13-15;2*1-2/h4-8,10-12,15,22H,2-3,9,13H2,1H3,(H,23,24,25);2*1-2H3/t15-;;/m1../s1. The van der Waals surface area contributed by atoms with Gasteiger partial charge in [-0.15, -0.1) is 11.3 Å². The molecule has 1 aliphatic heterocycles. The number of piperidine rings is 1. The number of methoxy groups -OCH3 is 1. The lowest BCUT2D eigenvalue weighted by Crippen LogP contribution is -2.38. The van der Waals surface area contributed by atoms with Gasteiger partial charge in [0, 0.05) is 35.9 Å². The lowest BCUT2D eigenvalue weighted by Gasteiger charge is -2.23. The van der Waals surface area contributed by atoms with E-state index in [1.54, 1.807) is 18.4 Å². The molecule has 2 N–H and O–H groups in total. The first-order valence-electron chi connectivity index (χ1n) is 11.7. The average Bonchev–Trinajstić information content (AvgIpc) is 3.49. The van der Waals surface area contributed by atoms with Gasteiger partial charge in [0.15, 0.2) is 4.96 Å². The summed E-state index contributed by atoms with van der Waals surface area (Å²) in [5, 5.41) is 8.93. The molecule has 8 heteroatoms. The van der Waals surface area contributed by atoms with Crippen molar-refractivity contribution in [2.45, 2.75) is 46.6 Å². The van der Waals surface area contributed by atoms with Gasteiger partial charge in [0.25, 0.3) is 0 Å². The van der Waals surface area contributed by atoms with Crippen molar-refractivity contribution in [2.24, 2.45) is 0 Å². The van der Waals surface area contributed by atoms with Crippen LogP contribution in [0.4, 0.5) is 5.95 Å². The van der Waals surface area contributed by atoms with Crippen LogP contribution in [0.3, 0.4) is 0 Å². The minimum Gasteiger partial charge on any atom is -0.497 e. The molecule has 4 heterocycles. The van der Waals surface area contributed by atoms with Gasteiger partial charge in [0.1, 0.15) is 11.4 Å². The molecule has 1 fully saturated rings. The van der Waals surface area contributed by atoms with Crippen molar-refractivity contribution in [1.29, 1.82) is 0 Å². The molecule has 1 aliphatic rings. The minimum atomic E-state index is 0.353. The summed E-state index contributed by atoms with van der Waals surface area (Å²) < 4.78 is 7.39. The molecule has 0 radical (unpaired) electrons. The van der Waals surface area contributed by atoms with E-state index in [-0.39, 0.29) is 0 Å². The molecule has 0 amide bonds. The molecule has 1 atom stereocenters. The van der Waals surface area contributed by atoms with Crippen molar-refractivity contribution >= 4 is 22.2 Å². The van der Waals surface area contributed by atoms with Gasteiger partial charge in [0.05, 0.1) is 18.5 Å². The number of anilines is 1. The second-order valence-corrected chi connectivity index (χ2v) is 7.92. The lowest BCUT2D eigenvalue weighted by atomic mass is 10.1. The maximum Gasteiger partial charge on any atom is 0.223 e. The number of nitrogens with one attached hydrogen (secondary N) is 2. The van der Waals surface area contributed by atoms with Crippen LogP contribution in [0.2, 0.25) is 0 Å². The van der Waals surface area contributed by atoms with Crippen LogP contribution in [0.5, 0.6) is 5.75 Å². The fourth-order valence-corrected chi connectivity index (χ4v) is 4.41. The number of benzene rings is 1. The van der Waals surface area contributed by atoms with E-state index in [1.165, 1.54) is 0 Å². The van der Waals surface area contributed by atoms with E-state index in [0.29, 0.717) is 12.0 Å². The van der Waals surface area contributed by atoms with Crippen molar-refractivity contribution in [2.75, 3.05) is 25.5 Å². The second-order valence-electron chi connectivity index (χ2n) is 7.05.